The van der Waals surface area contributed by atoms with Gasteiger partial charge >= 0.3 is 0 Å². The fourth-order valence-corrected chi connectivity index (χ4v) is 4.61. The van der Waals surface area contributed by atoms with Gasteiger partial charge in [-0.1, -0.05) is 36.4 Å². The molecule has 0 spiro atoms. The molecule has 0 aliphatic carbocycles. The van der Waals surface area contributed by atoms with Gasteiger partial charge in [-0.3, -0.25) is 19.2 Å². The highest BCUT2D eigenvalue weighted by molar-refractivity contribution is 6.03. The number of hydrogen-bond donors (Lipinski definition) is 1. The summed E-state index contributed by atoms with van der Waals surface area (Å²) in [5, 5.41) is 2.26. The Bertz CT molecular complexity index is 1560. The van der Waals surface area contributed by atoms with E-state index < -0.39 is 70.2 Å². The predicted molar refractivity (Wildman–Crippen MR) is 133 cm³/mol. The van der Waals surface area contributed by atoms with Crippen molar-refractivity contribution in [2.75, 3.05) is 6.54 Å². The predicted octanol–water partition coefficient (Wildman–Crippen LogP) is 3.30. The van der Waals surface area contributed by atoms with Gasteiger partial charge in [0, 0.05) is 43.0 Å². The molecule has 0 saturated carbocycles. The Balaban J connectivity index is 1.57. The Kier molecular flexibility index (Phi) is 6.81. The topological polar surface area (TPSA) is 97.7 Å². The maximum Gasteiger partial charge on any atom is 0.275 e. The first-order valence-electron chi connectivity index (χ1n) is 12.1. The number of carbonyl (C=O) groups is 3. The Morgan fingerprint density at radius 2 is 1.77 bits per heavy atom. The van der Waals surface area contributed by atoms with Crippen molar-refractivity contribution < 1.29 is 32.3 Å². The van der Waals surface area contributed by atoms with Crippen molar-refractivity contribution in [2.45, 2.75) is 32.2 Å². The van der Waals surface area contributed by atoms with Crippen LogP contribution < -0.4 is 15.5 Å². The number of rotatable bonds is 6. The summed E-state index contributed by atoms with van der Waals surface area (Å²) in [6.45, 7) is 0.943. The molecule has 2 aromatic carbocycles. The van der Waals surface area contributed by atoms with E-state index in [1.54, 1.807) is 43.3 Å². The number of nitrogens with zero attached hydrogens (tertiary/aromatic N) is 2. The van der Waals surface area contributed by atoms with E-state index in [9.17, 15) is 32.3 Å². The molecule has 11 heteroatoms. The Morgan fingerprint density at radius 3 is 2.46 bits per heavy atom. The molecule has 2 atom stereocenters. The number of allylic oxidation sites excluding steroid dienone is 1. The van der Waals surface area contributed by atoms with Gasteiger partial charge in [0.25, 0.3) is 11.8 Å². The van der Waals surface area contributed by atoms with Gasteiger partial charge in [0.05, 0.1) is 0 Å². The summed E-state index contributed by atoms with van der Waals surface area (Å²) in [4.78, 5) is 54.5. The summed E-state index contributed by atoms with van der Waals surface area (Å²) < 4.78 is 48.5. The first kappa shape index (κ1) is 26.0. The van der Waals surface area contributed by atoms with Crippen molar-refractivity contribution in [3.63, 3.8) is 0 Å². The van der Waals surface area contributed by atoms with Gasteiger partial charge in [-0.2, -0.15) is 0 Å². The average molecular weight is 537 g/mol. The fraction of sp³-hybridized carbons (Fsp3) is 0.214. The molecule has 200 valence electrons. The van der Waals surface area contributed by atoms with Gasteiger partial charge in [0.1, 0.15) is 35.7 Å². The van der Waals surface area contributed by atoms with Crippen LogP contribution in [-0.4, -0.2) is 39.7 Å². The summed E-state index contributed by atoms with van der Waals surface area (Å²) in [6, 6.07) is 8.37. The van der Waals surface area contributed by atoms with Crippen molar-refractivity contribution >= 4 is 17.6 Å². The minimum Gasteiger partial charge on any atom is -0.483 e. The van der Waals surface area contributed by atoms with Crippen molar-refractivity contribution in [1.82, 2.24) is 14.8 Å². The second-order valence-electron chi connectivity index (χ2n) is 9.24. The minimum absolute atomic E-state index is 0.00684. The monoisotopic (exact) mass is 537 g/mol. The van der Waals surface area contributed by atoms with Gasteiger partial charge in [-0.25, -0.2) is 13.2 Å². The molecular weight excluding hydrogens is 515 g/mol. The highest BCUT2D eigenvalue weighted by Crippen LogP contribution is 2.31. The van der Waals surface area contributed by atoms with Crippen LogP contribution in [0.4, 0.5) is 13.2 Å². The van der Waals surface area contributed by atoms with Gasteiger partial charge < -0.3 is 19.5 Å². The zero-order chi connectivity index (χ0) is 27.8. The number of fused-ring (bicyclic) bond motifs is 4. The van der Waals surface area contributed by atoms with Crippen LogP contribution in [0.25, 0.3) is 0 Å². The van der Waals surface area contributed by atoms with Crippen molar-refractivity contribution in [2.24, 2.45) is 0 Å². The molecule has 0 radical (unpaired) electrons. The summed E-state index contributed by atoms with van der Waals surface area (Å²) in [6.07, 6.45) is 4.01. The third-order valence-electron chi connectivity index (χ3n) is 6.72. The van der Waals surface area contributed by atoms with Crippen LogP contribution in [0.5, 0.6) is 5.75 Å². The van der Waals surface area contributed by atoms with E-state index >= 15 is 0 Å². The molecule has 1 N–H and O–H groups in total. The van der Waals surface area contributed by atoms with Gasteiger partial charge in [-0.15, -0.1) is 0 Å². The summed E-state index contributed by atoms with van der Waals surface area (Å²) >= 11 is 0. The number of amides is 2. The Labute approximate surface area is 220 Å². The number of benzene rings is 2. The SMILES string of the molecule is C[C@H]1C=CC(=O)C2CN1C(=O)c1c(OCc3ccccc3)c(=O)c(C(=O)NCc3c(F)cc(F)cc3F)cn12. The average Bonchev–Trinajstić information content (AvgIpc) is 3.03. The maximum atomic E-state index is 14.1. The number of ketones is 1. The van der Waals surface area contributed by atoms with E-state index in [-0.39, 0.29) is 24.6 Å². The highest BCUT2D eigenvalue weighted by atomic mass is 19.1. The standard InChI is InChI=1S/C28H22F3N3O5/c1-15-7-8-23(35)22-13-33(15)28(38)24-26(39-14-16-5-3-2-4-6-16)25(36)19(12-34(22)24)27(37)32-11-18-20(30)9-17(29)10-21(18)31/h2-10,12,15,22H,11,13-14H2,1H3,(H,32,37)/t15-,22?/m0/s1. The summed E-state index contributed by atoms with van der Waals surface area (Å²) in [5.74, 6) is -5.90. The Hall–Kier alpha value is -4.67. The number of ether oxygens (including phenoxy) is 1. The van der Waals surface area contributed by atoms with Crippen molar-refractivity contribution in [3.8, 4) is 5.75 Å². The van der Waals surface area contributed by atoms with E-state index in [0.29, 0.717) is 17.7 Å². The van der Waals surface area contributed by atoms with E-state index in [1.165, 1.54) is 15.5 Å². The number of nitrogens with one attached hydrogen (secondary N) is 1. The lowest BCUT2D eigenvalue weighted by Gasteiger charge is -2.36. The molecule has 3 heterocycles. The van der Waals surface area contributed by atoms with Crippen LogP contribution in [-0.2, 0) is 17.9 Å². The van der Waals surface area contributed by atoms with E-state index in [4.69, 9.17) is 4.74 Å². The number of aromatic nitrogens is 1. The largest absolute Gasteiger partial charge is 0.483 e. The molecule has 8 nitrogen and oxygen atoms in total. The van der Waals surface area contributed by atoms with Crippen LogP contribution in [0.1, 0.15) is 44.9 Å². The third kappa shape index (κ3) is 4.83. The third-order valence-corrected chi connectivity index (χ3v) is 6.72. The summed E-state index contributed by atoms with van der Waals surface area (Å²) in [7, 11) is 0. The maximum absolute atomic E-state index is 14.1. The molecule has 5 rings (SSSR count). The number of carbonyl (C=O) groups excluding carboxylic acids is 3. The van der Waals surface area contributed by atoms with Crippen molar-refractivity contribution in [1.29, 1.82) is 0 Å². The fourth-order valence-electron chi connectivity index (χ4n) is 4.61. The second-order valence-corrected chi connectivity index (χ2v) is 9.24. The molecule has 0 fully saturated rings. The van der Waals surface area contributed by atoms with Gasteiger partial charge in [-0.05, 0) is 18.6 Å². The molecule has 3 aromatic rings. The second kappa shape index (κ2) is 10.2. The number of hydrogen-bond acceptors (Lipinski definition) is 5. The lowest BCUT2D eigenvalue weighted by molar-refractivity contribution is -0.118. The van der Waals surface area contributed by atoms with E-state index in [2.05, 4.69) is 5.32 Å². The molecule has 2 aliphatic heterocycles. The van der Waals surface area contributed by atoms with Crippen molar-refractivity contribution in [3.05, 3.63) is 111 Å². The molecule has 2 bridgehead atoms. The number of halogens is 3. The molecule has 1 aromatic heterocycles. The van der Waals surface area contributed by atoms with E-state index in [1.807, 2.05) is 0 Å². The highest BCUT2D eigenvalue weighted by Gasteiger charge is 2.41. The molecular formula is C28H22F3N3O5. The molecule has 0 saturated heterocycles. The van der Waals surface area contributed by atoms with Gasteiger partial charge in [0.15, 0.2) is 17.2 Å². The zero-order valence-corrected chi connectivity index (χ0v) is 20.6. The van der Waals surface area contributed by atoms with Crippen LogP contribution in [0.2, 0.25) is 0 Å². The lowest BCUT2D eigenvalue weighted by Crippen LogP contribution is -2.49. The molecule has 2 aliphatic rings. The minimum atomic E-state index is -1.21. The summed E-state index contributed by atoms with van der Waals surface area (Å²) in [5.41, 5.74) is -1.54. The molecule has 39 heavy (non-hydrogen) atoms. The Morgan fingerprint density at radius 1 is 1.08 bits per heavy atom. The zero-order valence-electron chi connectivity index (χ0n) is 20.6. The number of pyridine rings is 1. The van der Waals surface area contributed by atoms with Crippen LogP contribution >= 0.6 is 0 Å². The van der Waals surface area contributed by atoms with Crippen LogP contribution in [0.3, 0.4) is 0 Å². The van der Waals surface area contributed by atoms with Crippen LogP contribution in [0, 0.1) is 17.5 Å². The van der Waals surface area contributed by atoms with E-state index in [0.717, 1.165) is 6.20 Å². The normalized spacial score (nSPS) is 18.0. The smallest absolute Gasteiger partial charge is 0.275 e. The quantitative estimate of drug-likeness (QED) is 0.521. The van der Waals surface area contributed by atoms with Gasteiger partial charge in [0.2, 0.25) is 5.43 Å². The molecule has 2 amide bonds. The lowest BCUT2D eigenvalue weighted by atomic mass is 10.0. The molecule has 1 unspecified atom stereocenters. The first-order chi connectivity index (χ1) is 18.7. The van der Waals surface area contributed by atoms with Crippen LogP contribution in [0.15, 0.2) is 65.6 Å². The first-order valence-corrected chi connectivity index (χ1v) is 12.1.